The number of ketones is 1. The van der Waals surface area contributed by atoms with Crippen LogP contribution in [0, 0.1) is 5.92 Å². The Labute approximate surface area is 315 Å². The van der Waals surface area contributed by atoms with Gasteiger partial charge in [0, 0.05) is 43.8 Å². The number of ether oxygens (including phenoxy) is 4. The molecule has 4 amide bonds. The van der Waals surface area contributed by atoms with Gasteiger partial charge < -0.3 is 55.5 Å². The number of nitrogens with one attached hydrogen (secondary N) is 5. The molecule has 0 unspecified atom stereocenters. The molecule has 0 aromatic rings. The van der Waals surface area contributed by atoms with Crippen LogP contribution in [0.4, 0.5) is 0 Å². The lowest BCUT2D eigenvalue weighted by atomic mass is 10.0. The Kier molecular flexibility index (Phi) is 26.0. The van der Waals surface area contributed by atoms with E-state index in [1.54, 1.807) is 34.6 Å². The zero-order valence-corrected chi connectivity index (χ0v) is 31.9. The number of carbonyl (C=O) groups is 8. The number of carbonyl (C=O) groups excluding carboxylic acids is 5. The fourth-order valence-electron chi connectivity index (χ4n) is 4.26. The van der Waals surface area contributed by atoms with Crippen LogP contribution in [0.15, 0.2) is 0 Å². The van der Waals surface area contributed by atoms with Crippen LogP contribution in [-0.4, -0.2) is 152 Å². The zero-order chi connectivity index (χ0) is 41.1. The highest BCUT2D eigenvalue weighted by atomic mass is 16.5. The molecule has 20 heteroatoms. The molecular weight excluding hydrogens is 718 g/mol. The summed E-state index contributed by atoms with van der Waals surface area (Å²) >= 11 is 0. The maximum Gasteiger partial charge on any atom is 0.326 e. The van der Waals surface area contributed by atoms with Gasteiger partial charge in [-0.1, -0.05) is 13.8 Å². The molecule has 8 N–H and O–H groups in total. The van der Waals surface area contributed by atoms with Crippen molar-refractivity contribution in [3.05, 3.63) is 0 Å². The van der Waals surface area contributed by atoms with Crippen molar-refractivity contribution in [3.8, 4) is 0 Å². The Bertz CT molecular complexity index is 1210. The van der Waals surface area contributed by atoms with E-state index in [0.717, 1.165) is 0 Å². The van der Waals surface area contributed by atoms with Gasteiger partial charge in [-0.2, -0.15) is 0 Å². The third-order valence-electron chi connectivity index (χ3n) is 7.15. The van der Waals surface area contributed by atoms with Gasteiger partial charge in [-0.3, -0.25) is 34.1 Å². The molecule has 0 aromatic carbocycles. The summed E-state index contributed by atoms with van der Waals surface area (Å²) in [6, 6.07) is -3.96. The van der Waals surface area contributed by atoms with Crippen LogP contribution in [-0.2, 0) is 57.3 Å². The summed E-state index contributed by atoms with van der Waals surface area (Å²) in [7, 11) is 0. The van der Waals surface area contributed by atoms with Crippen molar-refractivity contribution in [2.45, 2.75) is 96.8 Å². The number of hydrogen-bond donors (Lipinski definition) is 8. The molecule has 20 nitrogen and oxygen atoms in total. The SMILES string of the molecule is CC(C)C(=O)COCCOCCNC(=O)COCCOCCNC(=O)CC[C@H](NC(=O)CC[C@H](NC(=O)CC[C@H](NC(C)(C)C)C(=O)O)C(=O)O)C(=O)O. The Balaban J connectivity index is 4.20. The summed E-state index contributed by atoms with van der Waals surface area (Å²) in [5.41, 5.74) is -0.543. The van der Waals surface area contributed by atoms with Gasteiger partial charge in [-0.05, 0) is 40.0 Å². The summed E-state index contributed by atoms with van der Waals surface area (Å²) in [5, 5.41) is 40.8. The predicted octanol–water partition coefficient (Wildman–Crippen LogP) is -1.17. The molecule has 0 aromatic heterocycles. The highest BCUT2D eigenvalue weighted by Crippen LogP contribution is 2.08. The van der Waals surface area contributed by atoms with E-state index in [0.29, 0.717) is 6.61 Å². The molecule has 0 rings (SSSR count). The first kappa shape index (κ1) is 49.8. The molecule has 54 heavy (non-hydrogen) atoms. The van der Waals surface area contributed by atoms with Crippen LogP contribution < -0.4 is 26.6 Å². The quantitative estimate of drug-likeness (QED) is 0.0374. The van der Waals surface area contributed by atoms with Gasteiger partial charge in [-0.15, -0.1) is 0 Å². The molecule has 0 saturated heterocycles. The molecule has 0 heterocycles. The van der Waals surface area contributed by atoms with Crippen LogP contribution in [0.2, 0.25) is 0 Å². The van der Waals surface area contributed by atoms with Crippen molar-refractivity contribution < 1.29 is 72.6 Å². The average molecular weight is 778 g/mol. The normalized spacial score (nSPS) is 13.0. The van der Waals surface area contributed by atoms with Crippen molar-refractivity contribution in [3.63, 3.8) is 0 Å². The third-order valence-corrected chi connectivity index (χ3v) is 7.15. The van der Waals surface area contributed by atoms with E-state index in [9.17, 15) is 53.7 Å². The highest BCUT2D eigenvalue weighted by molar-refractivity contribution is 5.87. The minimum absolute atomic E-state index is 0.0142. The van der Waals surface area contributed by atoms with Crippen LogP contribution in [0.3, 0.4) is 0 Å². The molecule has 3 atom stereocenters. The van der Waals surface area contributed by atoms with Gasteiger partial charge in [0.2, 0.25) is 23.6 Å². The lowest BCUT2D eigenvalue weighted by Crippen LogP contribution is -2.48. The van der Waals surface area contributed by atoms with Gasteiger partial charge in [0.1, 0.15) is 31.3 Å². The molecular formula is C34H59N5O15. The van der Waals surface area contributed by atoms with Crippen molar-refractivity contribution >= 4 is 47.3 Å². The van der Waals surface area contributed by atoms with Crippen molar-refractivity contribution in [2.75, 3.05) is 65.9 Å². The van der Waals surface area contributed by atoms with Crippen LogP contribution in [0.1, 0.15) is 73.1 Å². The van der Waals surface area contributed by atoms with Crippen molar-refractivity contribution in [1.82, 2.24) is 26.6 Å². The summed E-state index contributed by atoms with van der Waals surface area (Å²) in [6.45, 7) is 10.3. The van der Waals surface area contributed by atoms with Gasteiger partial charge in [0.25, 0.3) is 0 Å². The Hall–Kier alpha value is -4.24. The molecule has 0 saturated carbocycles. The maximum absolute atomic E-state index is 12.4. The summed E-state index contributed by atoms with van der Waals surface area (Å²) in [4.78, 5) is 94.9. The number of carboxylic acids is 3. The largest absolute Gasteiger partial charge is 0.480 e. The molecule has 0 aliphatic heterocycles. The fraction of sp³-hybridized carbons (Fsp3) is 0.765. The minimum atomic E-state index is -1.48. The second-order valence-corrected chi connectivity index (χ2v) is 13.5. The lowest BCUT2D eigenvalue weighted by molar-refractivity contribution is -0.144. The number of amides is 4. The molecule has 0 spiro atoms. The highest BCUT2D eigenvalue weighted by Gasteiger charge is 2.27. The smallest absolute Gasteiger partial charge is 0.326 e. The minimum Gasteiger partial charge on any atom is -0.480 e. The number of Topliss-reactive ketones (excluding diaryl/α,β-unsaturated/α-hetero) is 1. The third kappa shape index (κ3) is 27.4. The fourth-order valence-corrected chi connectivity index (χ4v) is 4.26. The summed E-state index contributed by atoms with van der Waals surface area (Å²) in [6.07, 6.45) is -1.71. The summed E-state index contributed by atoms with van der Waals surface area (Å²) in [5.74, 6) is -6.45. The number of hydrogen-bond acceptors (Lipinski definition) is 13. The first-order valence-electron chi connectivity index (χ1n) is 17.7. The number of rotatable bonds is 32. The average Bonchev–Trinajstić information content (AvgIpc) is 3.07. The van der Waals surface area contributed by atoms with E-state index in [4.69, 9.17) is 18.9 Å². The van der Waals surface area contributed by atoms with E-state index in [2.05, 4.69) is 26.6 Å². The van der Waals surface area contributed by atoms with Crippen LogP contribution >= 0.6 is 0 Å². The standard InChI is InChI=1S/C34H59N5O15/c1-22(2)26(40)20-53-18-16-52-15-13-36-30(44)21-54-19-17-51-14-12-35-27(41)9-6-23(31(45)46)37-28(42)10-7-24(32(47)48)38-29(43)11-8-25(33(49)50)39-34(3,4)5/h22-25,39H,6-21H2,1-5H3,(H,35,41)(H,36,44)(H,37,42)(H,38,43)(H,45,46)(H,47,48)(H,49,50)/t23-,24-,25-/m0/s1. The zero-order valence-electron chi connectivity index (χ0n) is 31.9. The monoisotopic (exact) mass is 777 g/mol. The molecule has 0 bridgehead atoms. The van der Waals surface area contributed by atoms with Crippen LogP contribution in [0.25, 0.3) is 0 Å². The van der Waals surface area contributed by atoms with Gasteiger partial charge >= 0.3 is 17.9 Å². The lowest BCUT2D eigenvalue weighted by Gasteiger charge is -2.26. The van der Waals surface area contributed by atoms with Crippen molar-refractivity contribution in [1.29, 1.82) is 0 Å². The predicted molar refractivity (Wildman–Crippen MR) is 190 cm³/mol. The van der Waals surface area contributed by atoms with Gasteiger partial charge in [0.05, 0.1) is 39.6 Å². The molecule has 310 valence electrons. The molecule has 0 aliphatic carbocycles. The second kappa shape index (κ2) is 28.2. The molecule has 0 fully saturated rings. The Morgan fingerprint density at radius 2 is 0.907 bits per heavy atom. The van der Waals surface area contributed by atoms with E-state index >= 15 is 0 Å². The first-order valence-corrected chi connectivity index (χ1v) is 17.7. The van der Waals surface area contributed by atoms with Gasteiger partial charge in [-0.25, -0.2) is 9.59 Å². The van der Waals surface area contributed by atoms with E-state index in [1.165, 1.54) is 0 Å². The van der Waals surface area contributed by atoms with E-state index < -0.39 is 65.7 Å². The summed E-state index contributed by atoms with van der Waals surface area (Å²) < 4.78 is 21.0. The Morgan fingerprint density at radius 1 is 0.519 bits per heavy atom. The van der Waals surface area contributed by atoms with Gasteiger partial charge in [0.15, 0.2) is 5.78 Å². The number of aliphatic carboxylic acids is 3. The maximum atomic E-state index is 12.4. The van der Waals surface area contributed by atoms with E-state index in [-0.39, 0.29) is 109 Å². The Morgan fingerprint density at radius 3 is 1.33 bits per heavy atom. The first-order chi connectivity index (χ1) is 25.3. The topological polar surface area (TPSA) is 294 Å². The van der Waals surface area contributed by atoms with E-state index in [1.807, 2.05) is 0 Å². The second-order valence-electron chi connectivity index (χ2n) is 13.5. The van der Waals surface area contributed by atoms with Crippen molar-refractivity contribution in [2.24, 2.45) is 5.92 Å². The molecule has 0 radical (unpaired) electrons. The molecule has 0 aliphatic rings. The number of carboxylic acid groups (broad SMARTS) is 3. The van der Waals surface area contributed by atoms with Crippen LogP contribution in [0.5, 0.6) is 0 Å².